The van der Waals surface area contributed by atoms with Gasteiger partial charge in [-0.15, -0.1) is 0 Å². The summed E-state index contributed by atoms with van der Waals surface area (Å²) in [6, 6.07) is 0. The van der Waals surface area contributed by atoms with E-state index in [0.717, 1.165) is 19.3 Å². The predicted octanol–water partition coefficient (Wildman–Crippen LogP) is 1.03. The van der Waals surface area contributed by atoms with Crippen LogP contribution in [0.1, 0.15) is 32.6 Å². The molecule has 0 amide bonds. The van der Waals surface area contributed by atoms with Crippen molar-refractivity contribution in [2.24, 2.45) is 11.3 Å². The number of aliphatic hydroxyl groups is 1. The molecule has 86 valence electrons. The van der Waals surface area contributed by atoms with Crippen LogP contribution in [-0.2, 0) is 9.53 Å². The Labute approximate surface area is 89.2 Å². The highest BCUT2D eigenvalue weighted by Crippen LogP contribution is 2.49. The quantitative estimate of drug-likeness (QED) is 0.720. The van der Waals surface area contributed by atoms with Gasteiger partial charge in [0.1, 0.15) is 5.41 Å². The number of aliphatic hydroxyl groups excluding tert-OH is 1. The molecular formula is C11H18O4. The standard InChI is InChI=1S/C11H18O4/c1-7-11(10(13)14,5-6-15-7)8-3-2-4-9(8)12/h7-9,12H,2-6H2,1H3,(H,13,14). The number of hydrogen-bond acceptors (Lipinski definition) is 3. The van der Waals surface area contributed by atoms with E-state index < -0.39 is 17.5 Å². The van der Waals surface area contributed by atoms with Crippen molar-refractivity contribution < 1.29 is 19.7 Å². The summed E-state index contributed by atoms with van der Waals surface area (Å²) in [5.41, 5.74) is -0.851. The molecule has 15 heavy (non-hydrogen) atoms. The van der Waals surface area contributed by atoms with Crippen LogP contribution in [0.5, 0.6) is 0 Å². The Kier molecular flexibility index (Phi) is 2.73. The monoisotopic (exact) mass is 214 g/mol. The Hall–Kier alpha value is -0.610. The van der Waals surface area contributed by atoms with Gasteiger partial charge in [-0.05, 0) is 26.2 Å². The molecule has 1 heterocycles. The van der Waals surface area contributed by atoms with E-state index in [9.17, 15) is 15.0 Å². The van der Waals surface area contributed by atoms with E-state index in [1.807, 2.05) is 6.92 Å². The normalized spacial score (nSPS) is 45.9. The van der Waals surface area contributed by atoms with Crippen molar-refractivity contribution in [1.29, 1.82) is 0 Å². The van der Waals surface area contributed by atoms with Crippen LogP contribution in [0.3, 0.4) is 0 Å². The van der Waals surface area contributed by atoms with Crippen molar-refractivity contribution in [2.45, 2.75) is 44.8 Å². The Morgan fingerprint density at radius 1 is 1.47 bits per heavy atom. The minimum absolute atomic E-state index is 0.132. The minimum atomic E-state index is -0.851. The van der Waals surface area contributed by atoms with E-state index in [2.05, 4.69) is 0 Å². The van der Waals surface area contributed by atoms with Crippen molar-refractivity contribution >= 4 is 5.97 Å². The third-order valence-corrected chi connectivity index (χ3v) is 4.15. The fourth-order valence-corrected chi connectivity index (χ4v) is 3.22. The molecule has 0 aromatic carbocycles. The van der Waals surface area contributed by atoms with E-state index >= 15 is 0 Å². The first kappa shape index (κ1) is 10.9. The summed E-state index contributed by atoms with van der Waals surface area (Å²) in [6.07, 6.45) is 2.24. The van der Waals surface area contributed by atoms with Crippen LogP contribution in [0.2, 0.25) is 0 Å². The molecule has 2 rings (SSSR count). The van der Waals surface area contributed by atoms with Gasteiger partial charge in [0.2, 0.25) is 0 Å². The highest BCUT2D eigenvalue weighted by molar-refractivity contribution is 5.76. The maximum absolute atomic E-state index is 11.5. The lowest BCUT2D eigenvalue weighted by molar-refractivity contribution is -0.159. The molecule has 1 saturated heterocycles. The van der Waals surface area contributed by atoms with Gasteiger partial charge in [0, 0.05) is 12.5 Å². The lowest BCUT2D eigenvalue weighted by Gasteiger charge is -2.35. The number of rotatable bonds is 2. The number of aliphatic carboxylic acids is 1. The summed E-state index contributed by atoms with van der Waals surface area (Å²) in [5.74, 6) is -0.939. The van der Waals surface area contributed by atoms with E-state index in [-0.39, 0.29) is 12.0 Å². The molecule has 4 heteroatoms. The average Bonchev–Trinajstić information content (AvgIpc) is 2.72. The highest BCUT2D eigenvalue weighted by atomic mass is 16.5. The summed E-state index contributed by atoms with van der Waals surface area (Å²) in [4.78, 5) is 11.5. The maximum Gasteiger partial charge on any atom is 0.312 e. The highest BCUT2D eigenvalue weighted by Gasteiger charge is 2.56. The Bertz CT molecular complexity index is 265. The number of ether oxygens (including phenoxy) is 1. The zero-order chi connectivity index (χ0) is 11.1. The Morgan fingerprint density at radius 2 is 2.20 bits per heavy atom. The smallest absolute Gasteiger partial charge is 0.312 e. The van der Waals surface area contributed by atoms with Crippen LogP contribution >= 0.6 is 0 Å². The fourth-order valence-electron chi connectivity index (χ4n) is 3.22. The topological polar surface area (TPSA) is 66.8 Å². The first-order valence-electron chi connectivity index (χ1n) is 5.62. The fraction of sp³-hybridized carbons (Fsp3) is 0.909. The molecule has 2 N–H and O–H groups in total. The Balaban J connectivity index is 2.29. The lowest BCUT2D eigenvalue weighted by atomic mass is 9.69. The molecule has 1 saturated carbocycles. The molecule has 0 aromatic rings. The molecule has 0 aromatic heterocycles. The number of carboxylic acids is 1. The summed E-state index contributed by atoms with van der Waals surface area (Å²) in [7, 11) is 0. The van der Waals surface area contributed by atoms with Crippen molar-refractivity contribution in [3.05, 3.63) is 0 Å². The SMILES string of the molecule is CC1OCCC1(C(=O)O)C1CCCC1O. The van der Waals surface area contributed by atoms with Gasteiger partial charge in [0.25, 0.3) is 0 Å². The summed E-state index contributed by atoms with van der Waals surface area (Å²) in [5, 5.41) is 19.3. The molecule has 1 aliphatic carbocycles. The molecule has 4 unspecified atom stereocenters. The second kappa shape index (κ2) is 3.76. The minimum Gasteiger partial charge on any atom is -0.481 e. The van der Waals surface area contributed by atoms with Crippen LogP contribution in [0.15, 0.2) is 0 Å². The first-order valence-corrected chi connectivity index (χ1v) is 5.62. The molecule has 2 fully saturated rings. The summed E-state index contributed by atoms with van der Waals surface area (Å²) < 4.78 is 5.40. The van der Waals surface area contributed by atoms with E-state index in [1.54, 1.807) is 0 Å². The van der Waals surface area contributed by atoms with Crippen LogP contribution < -0.4 is 0 Å². The van der Waals surface area contributed by atoms with Crippen molar-refractivity contribution in [1.82, 2.24) is 0 Å². The zero-order valence-electron chi connectivity index (χ0n) is 8.98. The van der Waals surface area contributed by atoms with Gasteiger partial charge in [-0.2, -0.15) is 0 Å². The van der Waals surface area contributed by atoms with Gasteiger partial charge < -0.3 is 14.9 Å². The molecule has 4 nitrogen and oxygen atoms in total. The van der Waals surface area contributed by atoms with E-state index in [1.165, 1.54) is 0 Å². The average molecular weight is 214 g/mol. The van der Waals surface area contributed by atoms with Crippen LogP contribution in [0.4, 0.5) is 0 Å². The van der Waals surface area contributed by atoms with Crippen molar-refractivity contribution in [3.63, 3.8) is 0 Å². The lowest BCUT2D eigenvalue weighted by Crippen LogP contribution is -2.46. The first-order chi connectivity index (χ1) is 7.09. The Morgan fingerprint density at radius 3 is 2.60 bits per heavy atom. The molecule has 1 aliphatic heterocycles. The molecule has 0 bridgehead atoms. The van der Waals surface area contributed by atoms with Gasteiger partial charge >= 0.3 is 5.97 Å². The second-order valence-electron chi connectivity index (χ2n) is 4.71. The van der Waals surface area contributed by atoms with Gasteiger partial charge in [-0.25, -0.2) is 0 Å². The third kappa shape index (κ3) is 1.47. The molecule has 2 aliphatic rings. The van der Waals surface area contributed by atoms with Gasteiger partial charge in [0.15, 0.2) is 0 Å². The maximum atomic E-state index is 11.5. The van der Waals surface area contributed by atoms with Crippen LogP contribution in [0.25, 0.3) is 0 Å². The molecular weight excluding hydrogens is 196 g/mol. The van der Waals surface area contributed by atoms with Gasteiger partial charge in [0.05, 0.1) is 12.2 Å². The number of hydrogen-bond donors (Lipinski definition) is 2. The number of carboxylic acid groups (broad SMARTS) is 1. The van der Waals surface area contributed by atoms with Gasteiger partial charge in [-0.1, -0.05) is 6.42 Å². The number of carbonyl (C=O) groups is 1. The molecule has 4 atom stereocenters. The second-order valence-corrected chi connectivity index (χ2v) is 4.71. The van der Waals surface area contributed by atoms with Crippen LogP contribution in [-0.4, -0.2) is 35.0 Å². The third-order valence-electron chi connectivity index (χ3n) is 4.15. The van der Waals surface area contributed by atoms with Crippen molar-refractivity contribution in [3.8, 4) is 0 Å². The molecule has 0 spiro atoms. The van der Waals surface area contributed by atoms with E-state index in [4.69, 9.17) is 4.74 Å². The van der Waals surface area contributed by atoms with Gasteiger partial charge in [-0.3, -0.25) is 4.79 Å². The zero-order valence-corrected chi connectivity index (χ0v) is 8.98. The predicted molar refractivity (Wildman–Crippen MR) is 53.4 cm³/mol. The van der Waals surface area contributed by atoms with E-state index in [0.29, 0.717) is 13.0 Å². The largest absolute Gasteiger partial charge is 0.481 e. The summed E-state index contributed by atoms with van der Waals surface area (Å²) in [6.45, 7) is 2.31. The summed E-state index contributed by atoms with van der Waals surface area (Å²) >= 11 is 0. The van der Waals surface area contributed by atoms with Crippen molar-refractivity contribution in [2.75, 3.05) is 6.61 Å². The molecule has 0 radical (unpaired) electrons. The van der Waals surface area contributed by atoms with Crippen LogP contribution in [0, 0.1) is 11.3 Å².